The highest BCUT2D eigenvalue weighted by Gasteiger charge is 2.39. The molecule has 5 nitrogen and oxygen atoms in total. The van der Waals surface area contributed by atoms with Gasteiger partial charge in [0.2, 0.25) is 0 Å². The van der Waals surface area contributed by atoms with Crippen molar-refractivity contribution >= 4 is 22.1 Å². The topological polar surface area (TPSA) is 71.9 Å². The molecule has 0 amide bonds. The normalized spacial score (nSPS) is 28.1. The Morgan fingerprint density at radius 1 is 1.56 bits per heavy atom. The average Bonchev–Trinajstić information content (AvgIpc) is 2.41. The Kier molecular flexibility index (Phi) is 2.54. The first-order valence-corrected chi connectivity index (χ1v) is 7.08. The Balaban J connectivity index is 2.54. The number of rotatable bonds is 1. The Morgan fingerprint density at radius 2 is 2.25 bits per heavy atom. The Morgan fingerprint density at radius 3 is 2.75 bits per heavy atom. The molecule has 1 aromatic rings. The summed E-state index contributed by atoms with van der Waals surface area (Å²) in [5, 5.41) is 0. The van der Waals surface area contributed by atoms with Gasteiger partial charge in [0.1, 0.15) is 0 Å². The molecule has 0 bridgehead atoms. The van der Waals surface area contributed by atoms with E-state index in [1.165, 1.54) is 6.07 Å². The molecule has 16 heavy (non-hydrogen) atoms. The highest BCUT2D eigenvalue weighted by molar-refractivity contribution is 7.91. The van der Waals surface area contributed by atoms with Crippen LogP contribution in [0.2, 0.25) is 0 Å². The number of nitrogens with one attached hydrogen (secondary N) is 1. The number of nitrogens with zero attached hydrogens (tertiary/aromatic N) is 1. The quantitative estimate of drug-likeness (QED) is 0.744. The molecule has 0 aromatic carbocycles. The van der Waals surface area contributed by atoms with Gasteiger partial charge in [-0.2, -0.15) is 0 Å². The monoisotopic (exact) mass is 260 g/mol. The van der Waals surface area contributed by atoms with E-state index in [9.17, 15) is 13.2 Å². The van der Waals surface area contributed by atoms with E-state index < -0.39 is 15.4 Å². The van der Waals surface area contributed by atoms with Crippen LogP contribution < -0.4 is 5.56 Å². The minimum absolute atomic E-state index is 0.0698. The first kappa shape index (κ1) is 11.5. The lowest BCUT2D eigenvalue weighted by Gasteiger charge is -2.25. The van der Waals surface area contributed by atoms with Crippen LogP contribution in [0.15, 0.2) is 17.1 Å². The van der Waals surface area contributed by atoms with Crippen molar-refractivity contribution in [2.45, 2.75) is 18.9 Å². The first-order chi connectivity index (χ1) is 7.32. The van der Waals surface area contributed by atoms with Gasteiger partial charge in [-0.3, -0.25) is 9.78 Å². The van der Waals surface area contributed by atoms with Crippen molar-refractivity contribution in [2.75, 3.05) is 11.5 Å². The van der Waals surface area contributed by atoms with Crippen molar-refractivity contribution in [3.8, 4) is 0 Å². The summed E-state index contributed by atoms with van der Waals surface area (Å²) >= 11 is 5.04. The van der Waals surface area contributed by atoms with Gasteiger partial charge in [-0.05, 0) is 25.6 Å². The van der Waals surface area contributed by atoms with Gasteiger partial charge in [0.15, 0.2) is 14.6 Å². The van der Waals surface area contributed by atoms with Crippen molar-refractivity contribution in [1.29, 1.82) is 0 Å². The van der Waals surface area contributed by atoms with Gasteiger partial charge in [-0.15, -0.1) is 0 Å². The van der Waals surface area contributed by atoms with E-state index in [0.717, 1.165) is 0 Å². The van der Waals surface area contributed by atoms with Crippen molar-refractivity contribution < 1.29 is 8.42 Å². The minimum Gasteiger partial charge on any atom is -0.318 e. The molecule has 0 aliphatic carbocycles. The molecular formula is C9H12N2O3S2. The molecule has 0 radical (unpaired) electrons. The lowest BCUT2D eigenvalue weighted by molar-refractivity contribution is 0.354. The molecule has 0 saturated carbocycles. The maximum atomic E-state index is 11.5. The van der Waals surface area contributed by atoms with Crippen LogP contribution in [0.5, 0.6) is 0 Å². The Labute approximate surface area is 98.0 Å². The number of sulfone groups is 1. The second-order valence-corrected chi connectivity index (χ2v) is 6.89. The number of aromatic amines is 1. The zero-order valence-electron chi connectivity index (χ0n) is 8.76. The van der Waals surface area contributed by atoms with E-state index in [2.05, 4.69) is 4.98 Å². The van der Waals surface area contributed by atoms with Crippen LogP contribution in [-0.2, 0) is 15.4 Å². The molecule has 7 heteroatoms. The lowest BCUT2D eigenvalue weighted by atomic mass is 10.0. The van der Waals surface area contributed by atoms with Crippen molar-refractivity contribution in [3.05, 3.63) is 27.4 Å². The molecule has 1 unspecified atom stereocenters. The zero-order chi connectivity index (χ0) is 12.0. The van der Waals surface area contributed by atoms with Crippen LogP contribution >= 0.6 is 12.2 Å². The third kappa shape index (κ3) is 1.97. The van der Waals surface area contributed by atoms with Crippen LogP contribution in [0.1, 0.15) is 13.3 Å². The fourth-order valence-electron chi connectivity index (χ4n) is 2.03. The van der Waals surface area contributed by atoms with Gasteiger partial charge in [-0.1, -0.05) is 0 Å². The average molecular weight is 260 g/mol. The second-order valence-electron chi connectivity index (χ2n) is 4.32. The summed E-state index contributed by atoms with van der Waals surface area (Å²) in [5.74, 6) is 0.241. The van der Waals surface area contributed by atoms with Crippen LogP contribution in [0.25, 0.3) is 0 Å². The summed E-state index contributed by atoms with van der Waals surface area (Å²) in [7, 11) is -2.99. The highest BCUT2D eigenvalue weighted by atomic mass is 32.2. The summed E-state index contributed by atoms with van der Waals surface area (Å²) in [6.07, 6.45) is 2.08. The lowest BCUT2D eigenvalue weighted by Crippen LogP contribution is -2.33. The maximum Gasteiger partial charge on any atom is 0.251 e. The maximum absolute atomic E-state index is 11.5. The van der Waals surface area contributed by atoms with Crippen LogP contribution in [0, 0.1) is 4.77 Å². The molecule has 1 aliphatic rings. The van der Waals surface area contributed by atoms with Crippen LogP contribution in [-0.4, -0.2) is 29.5 Å². The highest BCUT2D eigenvalue weighted by Crippen LogP contribution is 2.30. The SMILES string of the molecule is CC1(n2ccc(=O)[nH]c2=S)CCS(=O)(=O)C1. The summed E-state index contributed by atoms with van der Waals surface area (Å²) in [4.78, 5) is 13.5. The molecule has 1 aliphatic heterocycles. The molecule has 1 N–H and O–H groups in total. The minimum atomic E-state index is -2.99. The first-order valence-electron chi connectivity index (χ1n) is 4.85. The molecule has 2 rings (SSSR count). The fourth-order valence-corrected chi connectivity index (χ4v) is 4.53. The van der Waals surface area contributed by atoms with E-state index in [1.807, 2.05) is 6.92 Å². The fraction of sp³-hybridized carbons (Fsp3) is 0.556. The molecular weight excluding hydrogens is 248 g/mol. The largest absolute Gasteiger partial charge is 0.318 e. The molecule has 1 fully saturated rings. The standard InChI is InChI=1S/C9H12N2O3S2/c1-9(3-5-16(13,14)6-9)11-4-2-7(12)10-8(11)15/h2,4H,3,5-6H2,1H3,(H,10,12,15). The number of H-pyrrole nitrogens is 1. The zero-order valence-corrected chi connectivity index (χ0v) is 10.4. The van der Waals surface area contributed by atoms with Gasteiger partial charge in [-0.25, -0.2) is 8.42 Å². The van der Waals surface area contributed by atoms with E-state index >= 15 is 0 Å². The van der Waals surface area contributed by atoms with Crippen LogP contribution in [0.3, 0.4) is 0 Å². The molecule has 88 valence electrons. The van der Waals surface area contributed by atoms with Crippen molar-refractivity contribution in [2.24, 2.45) is 0 Å². The smallest absolute Gasteiger partial charge is 0.251 e. The van der Waals surface area contributed by atoms with Gasteiger partial charge in [0.05, 0.1) is 17.0 Å². The number of aromatic nitrogens is 2. The van der Waals surface area contributed by atoms with Gasteiger partial charge in [0.25, 0.3) is 5.56 Å². The second kappa shape index (κ2) is 3.53. The molecule has 2 heterocycles. The van der Waals surface area contributed by atoms with Gasteiger partial charge >= 0.3 is 0 Å². The summed E-state index contributed by atoms with van der Waals surface area (Å²) < 4.78 is 24.9. The molecule has 1 aromatic heterocycles. The molecule has 0 spiro atoms. The van der Waals surface area contributed by atoms with Crippen molar-refractivity contribution in [1.82, 2.24) is 9.55 Å². The van der Waals surface area contributed by atoms with Crippen LogP contribution in [0.4, 0.5) is 0 Å². The summed E-state index contributed by atoms with van der Waals surface area (Å²) in [5.41, 5.74) is -0.814. The molecule has 1 saturated heterocycles. The Bertz CT molecular complexity index is 629. The summed E-state index contributed by atoms with van der Waals surface area (Å²) in [6, 6.07) is 1.35. The predicted octanol–water partition coefficient (Wildman–Crippen LogP) is 0.440. The number of hydrogen-bond donors (Lipinski definition) is 1. The van der Waals surface area contributed by atoms with E-state index in [-0.39, 0.29) is 21.8 Å². The van der Waals surface area contributed by atoms with Gasteiger partial charge < -0.3 is 4.57 Å². The third-order valence-corrected chi connectivity index (χ3v) is 5.07. The number of hydrogen-bond acceptors (Lipinski definition) is 4. The van der Waals surface area contributed by atoms with E-state index in [4.69, 9.17) is 12.2 Å². The third-order valence-electron chi connectivity index (χ3n) is 2.89. The predicted molar refractivity (Wildman–Crippen MR) is 62.8 cm³/mol. The van der Waals surface area contributed by atoms with Gasteiger partial charge in [0, 0.05) is 12.3 Å². The van der Waals surface area contributed by atoms with E-state index in [1.54, 1.807) is 10.8 Å². The van der Waals surface area contributed by atoms with E-state index in [0.29, 0.717) is 6.42 Å². The Hall–Kier alpha value is -0.950. The molecule has 1 atom stereocenters. The summed E-state index contributed by atoms with van der Waals surface area (Å²) in [6.45, 7) is 1.84. The van der Waals surface area contributed by atoms with Crippen molar-refractivity contribution in [3.63, 3.8) is 0 Å².